The topological polar surface area (TPSA) is 238 Å². The van der Waals surface area contributed by atoms with Crippen LogP contribution in [0.2, 0.25) is 0 Å². The second-order valence-electron chi connectivity index (χ2n) is 9.45. The van der Waals surface area contributed by atoms with E-state index in [4.69, 9.17) is 0 Å². The summed E-state index contributed by atoms with van der Waals surface area (Å²) >= 11 is 0. The number of hydrogen-bond donors (Lipinski definition) is 7. The third-order valence-corrected chi connectivity index (χ3v) is 5.71. The molecule has 0 radical (unpaired) electrons. The Balaban J connectivity index is 3.91. The van der Waals surface area contributed by atoms with Gasteiger partial charge < -0.3 is 42.0 Å². The van der Waals surface area contributed by atoms with E-state index in [9.17, 15) is 43.2 Å². The van der Waals surface area contributed by atoms with Crippen LogP contribution in [-0.2, 0) is 43.2 Å². The molecule has 16 heteroatoms. The van der Waals surface area contributed by atoms with Gasteiger partial charge >= 0.3 is 0 Å². The molecule has 0 rings (SSSR count). The Kier molecular flexibility index (Phi) is 20.2. The van der Waals surface area contributed by atoms with Gasteiger partial charge in [0, 0.05) is 19.3 Å². The smallest absolute Gasteiger partial charge is 0.239 e. The first-order valence-electron chi connectivity index (χ1n) is 13.6. The van der Waals surface area contributed by atoms with E-state index in [0.717, 1.165) is 12.8 Å². The number of likely N-dealkylation sites (N-methyl/N-ethyl adjacent to an activating group) is 1. The molecule has 0 aromatic rings. The normalized spacial score (nSPS) is 10.9. The summed E-state index contributed by atoms with van der Waals surface area (Å²) in [5, 5.41) is 16.7. The molecule has 0 saturated heterocycles. The van der Waals surface area contributed by atoms with Gasteiger partial charge in [-0.05, 0) is 33.7 Å². The molecule has 0 fully saturated rings. The van der Waals surface area contributed by atoms with Crippen LogP contribution in [0, 0.1) is 0 Å². The molecule has 0 saturated carbocycles. The highest BCUT2D eigenvalue weighted by Crippen LogP contribution is 2.06. The van der Waals surface area contributed by atoms with Gasteiger partial charge in [0.05, 0.1) is 45.3 Å². The quantitative estimate of drug-likeness (QED) is 0.0581. The van der Waals surface area contributed by atoms with Crippen molar-refractivity contribution in [2.75, 3.05) is 46.3 Å². The van der Waals surface area contributed by atoms with Crippen LogP contribution in [-0.4, -0.2) is 105 Å². The highest BCUT2D eigenvalue weighted by Gasteiger charge is 2.13. The van der Waals surface area contributed by atoms with E-state index >= 15 is 0 Å². The van der Waals surface area contributed by atoms with Crippen molar-refractivity contribution in [3.05, 3.63) is 0 Å². The molecular formula is C26H43N7O9. The molecule has 0 spiro atoms. The number of carbonyl (C=O) groups is 9. The summed E-state index contributed by atoms with van der Waals surface area (Å²) in [5.41, 5.74) is 0. The highest BCUT2D eigenvalue weighted by molar-refractivity contribution is 5.92. The summed E-state index contributed by atoms with van der Waals surface area (Å²) in [4.78, 5) is 104. The summed E-state index contributed by atoms with van der Waals surface area (Å²) in [6.07, 6.45) is 3.20. The van der Waals surface area contributed by atoms with Gasteiger partial charge in [0.25, 0.3) is 0 Å². The molecule has 1 unspecified atom stereocenters. The molecular weight excluding hydrogens is 554 g/mol. The second kappa shape index (κ2) is 22.5. The molecule has 1 atom stereocenters. The standard InChI is InChI=1S/C26H43N7O9/c1-17(34)9-10-21(37)29-12-23(39)31-14-25(41)33-16-26(42)32-15-24(40)30-13-22(38)28-11-19(36)7-5-4-6-8-20(27-3)18(2)35/h20,27H,4-16H2,1-3H3,(H,28,38)(H,29,37)(H,30,40)(H,31,39)(H,32,42)(H,33,41). The zero-order valence-electron chi connectivity index (χ0n) is 24.4. The average molecular weight is 598 g/mol. The van der Waals surface area contributed by atoms with Gasteiger partial charge in [-0.3, -0.25) is 38.4 Å². The van der Waals surface area contributed by atoms with Crippen molar-refractivity contribution >= 4 is 52.8 Å². The molecule has 42 heavy (non-hydrogen) atoms. The van der Waals surface area contributed by atoms with Gasteiger partial charge in [0.1, 0.15) is 11.6 Å². The van der Waals surface area contributed by atoms with Gasteiger partial charge in [-0.15, -0.1) is 0 Å². The summed E-state index contributed by atoms with van der Waals surface area (Å²) < 4.78 is 0. The van der Waals surface area contributed by atoms with Crippen molar-refractivity contribution < 1.29 is 43.2 Å². The Labute approximate surface area is 244 Å². The van der Waals surface area contributed by atoms with Crippen LogP contribution in [0.25, 0.3) is 0 Å². The summed E-state index contributed by atoms with van der Waals surface area (Å²) in [6.45, 7) is 0.532. The molecule has 6 amide bonds. The number of unbranched alkanes of at least 4 members (excludes halogenated alkanes) is 2. The monoisotopic (exact) mass is 597 g/mol. The lowest BCUT2D eigenvalue weighted by molar-refractivity contribution is -0.129. The number of amides is 6. The van der Waals surface area contributed by atoms with Crippen LogP contribution in [0.5, 0.6) is 0 Å². The van der Waals surface area contributed by atoms with Crippen molar-refractivity contribution in [3.8, 4) is 0 Å². The minimum absolute atomic E-state index is 0.0469. The number of nitrogens with one attached hydrogen (secondary N) is 7. The lowest BCUT2D eigenvalue weighted by Gasteiger charge is -2.11. The Morgan fingerprint density at radius 3 is 1.26 bits per heavy atom. The van der Waals surface area contributed by atoms with E-state index in [1.54, 1.807) is 7.05 Å². The van der Waals surface area contributed by atoms with Crippen LogP contribution in [0.3, 0.4) is 0 Å². The molecule has 0 aliphatic heterocycles. The van der Waals surface area contributed by atoms with Crippen LogP contribution in [0.1, 0.15) is 58.8 Å². The molecule has 0 bridgehead atoms. The maximum Gasteiger partial charge on any atom is 0.239 e. The van der Waals surface area contributed by atoms with Crippen LogP contribution < -0.4 is 37.2 Å². The Bertz CT molecular complexity index is 985. The third kappa shape index (κ3) is 21.6. The first-order chi connectivity index (χ1) is 19.8. The minimum Gasteiger partial charge on any atom is -0.347 e. The maximum atomic E-state index is 11.9. The van der Waals surface area contributed by atoms with E-state index in [-0.39, 0.29) is 55.7 Å². The zero-order chi connectivity index (χ0) is 31.9. The van der Waals surface area contributed by atoms with Crippen LogP contribution >= 0.6 is 0 Å². The second-order valence-corrected chi connectivity index (χ2v) is 9.45. The van der Waals surface area contributed by atoms with Crippen molar-refractivity contribution in [1.29, 1.82) is 0 Å². The first kappa shape index (κ1) is 37.8. The predicted molar refractivity (Wildman–Crippen MR) is 150 cm³/mol. The average Bonchev–Trinajstić information content (AvgIpc) is 2.94. The molecule has 0 aliphatic carbocycles. The summed E-state index contributed by atoms with van der Waals surface area (Å²) in [5.74, 6) is -4.00. The fourth-order valence-corrected chi connectivity index (χ4v) is 3.27. The molecule has 7 N–H and O–H groups in total. The SMILES string of the molecule is CNC(CCCCCC(=O)CNC(=O)CNC(=O)CNC(=O)CNC(=O)CNC(=O)CNC(=O)CCC(C)=O)C(C)=O. The summed E-state index contributed by atoms with van der Waals surface area (Å²) in [6, 6.07) is -0.185. The van der Waals surface area contributed by atoms with Crippen LogP contribution in [0.15, 0.2) is 0 Å². The zero-order valence-corrected chi connectivity index (χ0v) is 24.4. The first-order valence-corrected chi connectivity index (χ1v) is 13.6. The third-order valence-electron chi connectivity index (χ3n) is 5.71. The Morgan fingerprint density at radius 1 is 0.476 bits per heavy atom. The van der Waals surface area contributed by atoms with Crippen molar-refractivity contribution in [3.63, 3.8) is 0 Å². The number of carbonyl (C=O) groups excluding carboxylic acids is 9. The Hall–Kier alpha value is -4.21. The molecule has 236 valence electrons. The number of rotatable bonds is 23. The van der Waals surface area contributed by atoms with Crippen molar-refractivity contribution in [2.24, 2.45) is 0 Å². The summed E-state index contributed by atoms with van der Waals surface area (Å²) in [7, 11) is 1.72. The van der Waals surface area contributed by atoms with E-state index < -0.39 is 61.6 Å². The van der Waals surface area contributed by atoms with Gasteiger partial charge in [-0.25, -0.2) is 0 Å². The van der Waals surface area contributed by atoms with Gasteiger partial charge in [0.15, 0.2) is 5.78 Å². The van der Waals surface area contributed by atoms with E-state index in [2.05, 4.69) is 37.2 Å². The largest absolute Gasteiger partial charge is 0.347 e. The molecule has 0 aliphatic rings. The van der Waals surface area contributed by atoms with Crippen molar-refractivity contribution in [1.82, 2.24) is 37.2 Å². The fraction of sp³-hybridized carbons (Fsp3) is 0.654. The molecule has 0 aromatic heterocycles. The van der Waals surface area contributed by atoms with E-state index in [1.807, 2.05) is 0 Å². The van der Waals surface area contributed by atoms with Gasteiger partial charge in [-0.2, -0.15) is 0 Å². The minimum atomic E-state index is -0.694. The highest BCUT2D eigenvalue weighted by atomic mass is 16.2. The van der Waals surface area contributed by atoms with Crippen molar-refractivity contribution in [2.45, 2.75) is 64.8 Å². The van der Waals surface area contributed by atoms with E-state index in [1.165, 1.54) is 13.8 Å². The van der Waals surface area contributed by atoms with Gasteiger partial charge in [-0.1, -0.05) is 12.8 Å². The fourth-order valence-electron chi connectivity index (χ4n) is 3.27. The molecule has 0 aromatic carbocycles. The predicted octanol–water partition coefficient (Wildman–Crippen LogP) is -3.25. The Morgan fingerprint density at radius 2 is 0.881 bits per heavy atom. The lowest BCUT2D eigenvalue weighted by atomic mass is 10.0. The van der Waals surface area contributed by atoms with E-state index in [0.29, 0.717) is 12.8 Å². The van der Waals surface area contributed by atoms with Gasteiger partial charge in [0.2, 0.25) is 35.4 Å². The number of ketones is 3. The van der Waals surface area contributed by atoms with Crippen LogP contribution in [0.4, 0.5) is 0 Å². The number of Topliss-reactive ketones (excluding diaryl/α,β-unsaturated/α-hetero) is 3. The number of hydrogen-bond acceptors (Lipinski definition) is 10. The maximum absolute atomic E-state index is 11.9. The lowest BCUT2D eigenvalue weighted by Crippen LogP contribution is -2.46. The molecule has 0 heterocycles. The molecule has 16 nitrogen and oxygen atoms in total.